The summed E-state index contributed by atoms with van der Waals surface area (Å²) in [6.07, 6.45) is -0.314. The monoisotopic (exact) mass is 290 g/mol. The van der Waals surface area contributed by atoms with Gasteiger partial charge in [0.25, 0.3) is 0 Å². The molecule has 106 valence electrons. The molecule has 0 saturated heterocycles. The summed E-state index contributed by atoms with van der Waals surface area (Å²) >= 11 is 5.24. The van der Waals surface area contributed by atoms with Gasteiger partial charge in [0, 0.05) is 19.9 Å². The van der Waals surface area contributed by atoms with Gasteiger partial charge in [0.1, 0.15) is 0 Å². The minimum atomic E-state index is -0.314. The molecule has 0 atom stereocenters. The molecule has 0 aliphatic carbocycles. The molecule has 2 aromatic rings. The van der Waals surface area contributed by atoms with E-state index in [1.807, 2.05) is 18.2 Å². The number of hydrogen-bond donors (Lipinski definition) is 2. The van der Waals surface area contributed by atoms with Crippen molar-refractivity contribution in [3.63, 3.8) is 0 Å². The minimum absolute atomic E-state index is 0.314. The van der Waals surface area contributed by atoms with Gasteiger partial charge >= 0.3 is 0 Å². The third-order valence-corrected chi connectivity index (χ3v) is 3.21. The van der Waals surface area contributed by atoms with Crippen LogP contribution in [0.1, 0.15) is 0 Å². The fraction of sp³-hybridized carbons (Fsp3) is 0.267. The zero-order chi connectivity index (χ0) is 14.4. The lowest BCUT2D eigenvalue weighted by molar-refractivity contribution is -0.0964. The molecule has 20 heavy (non-hydrogen) atoms. The molecule has 2 N–H and O–H groups in total. The van der Waals surface area contributed by atoms with Crippen molar-refractivity contribution >= 4 is 33.8 Å². The molecule has 2 rings (SSSR count). The smallest absolute Gasteiger partial charge is 0.174 e. The summed E-state index contributed by atoms with van der Waals surface area (Å²) in [4.78, 5) is 0. The minimum Gasteiger partial charge on any atom is -0.357 e. The topological polar surface area (TPSA) is 42.5 Å². The first-order chi connectivity index (χ1) is 9.72. The van der Waals surface area contributed by atoms with E-state index >= 15 is 0 Å². The predicted octanol–water partition coefficient (Wildman–Crippen LogP) is 2.75. The van der Waals surface area contributed by atoms with E-state index in [4.69, 9.17) is 21.7 Å². The number of methoxy groups -OCH3 is 2. The number of nitrogens with one attached hydrogen (secondary N) is 2. The van der Waals surface area contributed by atoms with Crippen molar-refractivity contribution in [1.29, 1.82) is 0 Å². The average Bonchev–Trinajstić information content (AvgIpc) is 2.48. The quantitative estimate of drug-likeness (QED) is 0.655. The van der Waals surface area contributed by atoms with Gasteiger partial charge in [0.15, 0.2) is 11.4 Å². The van der Waals surface area contributed by atoms with Crippen LogP contribution in [0.3, 0.4) is 0 Å². The maximum Gasteiger partial charge on any atom is 0.174 e. The molecule has 0 heterocycles. The molecule has 0 radical (unpaired) electrons. The van der Waals surface area contributed by atoms with Crippen molar-refractivity contribution in [2.75, 3.05) is 26.1 Å². The Morgan fingerprint density at radius 1 is 1.10 bits per heavy atom. The molecule has 0 fully saturated rings. The van der Waals surface area contributed by atoms with Crippen molar-refractivity contribution in [3.8, 4) is 0 Å². The molecular weight excluding hydrogens is 272 g/mol. The summed E-state index contributed by atoms with van der Waals surface area (Å²) in [6, 6.07) is 14.3. The van der Waals surface area contributed by atoms with Gasteiger partial charge in [-0.15, -0.1) is 0 Å². The van der Waals surface area contributed by atoms with Crippen LogP contribution in [-0.4, -0.2) is 32.2 Å². The van der Waals surface area contributed by atoms with Gasteiger partial charge < -0.3 is 20.1 Å². The lowest BCUT2D eigenvalue weighted by Crippen LogP contribution is -2.36. The van der Waals surface area contributed by atoms with Gasteiger partial charge in [-0.2, -0.15) is 0 Å². The van der Waals surface area contributed by atoms with Gasteiger partial charge in [-0.3, -0.25) is 0 Å². The lowest BCUT2D eigenvalue weighted by Gasteiger charge is -2.16. The molecule has 0 unspecified atom stereocenters. The molecular formula is C15H18N2O2S. The van der Waals surface area contributed by atoms with Crippen LogP contribution in [-0.2, 0) is 9.47 Å². The third-order valence-electron chi connectivity index (χ3n) is 2.96. The highest BCUT2D eigenvalue weighted by atomic mass is 32.1. The summed E-state index contributed by atoms with van der Waals surface area (Å²) < 4.78 is 10.2. The fourth-order valence-corrected chi connectivity index (χ4v) is 2.08. The normalized spacial score (nSPS) is 10.8. The van der Waals surface area contributed by atoms with Crippen molar-refractivity contribution in [1.82, 2.24) is 5.32 Å². The Balaban J connectivity index is 1.95. The van der Waals surface area contributed by atoms with Gasteiger partial charge in [0.05, 0.1) is 6.54 Å². The second-order valence-electron chi connectivity index (χ2n) is 4.30. The molecule has 2 aromatic carbocycles. The van der Waals surface area contributed by atoms with E-state index in [0.717, 1.165) is 5.69 Å². The molecule has 0 aliphatic heterocycles. The Morgan fingerprint density at radius 2 is 1.80 bits per heavy atom. The summed E-state index contributed by atoms with van der Waals surface area (Å²) in [7, 11) is 3.19. The maximum atomic E-state index is 5.24. The number of fused-ring (bicyclic) bond motifs is 1. The predicted molar refractivity (Wildman–Crippen MR) is 86.0 cm³/mol. The highest BCUT2D eigenvalue weighted by molar-refractivity contribution is 7.80. The molecule has 4 nitrogen and oxygen atoms in total. The number of hydrogen-bond acceptors (Lipinski definition) is 3. The van der Waals surface area contributed by atoms with E-state index in [2.05, 4.69) is 34.9 Å². The second kappa shape index (κ2) is 7.19. The average molecular weight is 290 g/mol. The summed E-state index contributed by atoms with van der Waals surface area (Å²) in [5.41, 5.74) is 0.951. The first kappa shape index (κ1) is 14.7. The summed E-state index contributed by atoms with van der Waals surface area (Å²) in [5, 5.41) is 9.12. The number of benzene rings is 2. The van der Waals surface area contributed by atoms with Gasteiger partial charge in [-0.05, 0) is 35.1 Å². The number of ether oxygens (including phenoxy) is 2. The van der Waals surface area contributed by atoms with Gasteiger partial charge in [-0.1, -0.05) is 30.3 Å². The Labute approximate surface area is 124 Å². The van der Waals surface area contributed by atoms with Gasteiger partial charge in [0.2, 0.25) is 0 Å². The van der Waals surface area contributed by atoms with Crippen LogP contribution in [0.4, 0.5) is 5.69 Å². The van der Waals surface area contributed by atoms with E-state index in [-0.39, 0.29) is 6.29 Å². The Hall–Kier alpha value is -1.69. The molecule has 5 heteroatoms. The summed E-state index contributed by atoms with van der Waals surface area (Å²) in [6.45, 7) is 0.492. The van der Waals surface area contributed by atoms with Crippen LogP contribution in [0.2, 0.25) is 0 Å². The molecule has 0 bridgehead atoms. The van der Waals surface area contributed by atoms with Crippen LogP contribution in [0.25, 0.3) is 10.8 Å². The van der Waals surface area contributed by atoms with Crippen LogP contribution < -0.4 is 10.6 Å². The number of anilines is 1. The Morgan fingerprint density at radius 3 is 2.50 bits per heavy atom. The zero-order valence-electron chi connectivity index (χ0n) is 11.6. The highest BCUT2D eigenvalue weighted by Gasteiger charge is 2.05. The SMILES string of the molecule is COC(CNC(=S)Nc1ccc2ccccc2c1)OC. The van der Waals surface area contributed by atoms with Crippen LogP contribution >= 0.6 is 12.2 Å². The van der Waals surface area contributed by atoms with Crippen molar-refractivity contribution in [3.05, 3.63) is 42.5 Å². The molecule has 0 amide bonds. The van der Waals surface area contributed by atoms with E-state index < -0.39 is 0 Å². The van der Waals surface area contributed by atoms with Crippen molar-refractivity contribution in [2.24, 2.45) is 0 Å². The highest BCUT2D eigenvalue weighted by Crippen LogP contribution is 2.18. The standard InChI is InChI=1S/C15H18N2O2S/c1-18-14(19-2)10-16-15(20)17-13-8-7-11-5-3-4-6-12(11)9-13/h3-9,14H,10H2,1-2H3,(H2,16,17,20). The Kier molecular flexibility index (Phi) is 5.29. The van der Waals surface area contributed by atoms with Crippen molar-refractivity contribution < 1.29 is 9.47 Å². The first-order valence-electron chi connectivity index (χ1n) is 6.32. The van der Waals surface area contributed by atoms with E-state index in [0.29, 0.717) is 11.7 Å². The number of rotatable bonds is 5. The molecule has 0 aromatic heterocycles. The first-order valence-corrected chi connectivity index (χ1v) is 6.73. The second-order valence-corrected chi connectivity index (χ2v) is 4.71. The molecule has 0 saturated carbocycles. The van der Waals surface area contributed by atoms with Crippen LogP contribution in [0.15, 0.2) is 42.5 Å². The summed E-state index contributed by atoms with van der Waals surface area (Å²) in [5.74, 6) is 0. The zero-order valence-corrected chi connectivity index (χ0v) is 12.4. The van der Waals surface area contributed by atoms with Crippen LogP contribution in [0, 0.1) is 0 Å². The third kappa shape index (κ3) is 3.90. The van der Waals surface area contributed by atoms with E-state index in [9.17, 15) is 0 Å². The van der Waals surface area contributed by atoms with Gasteiger partial charge in [-0.25, -0.2) is 0 Å². The van der Waals surface area contributed by atoms with E-state index in [1.165, 1.54) is 10.8 Å². The van der Waals surface area contributed by atoms with E-state index in [1.54, 1.807) is 14.2 Å². The van der Waals surface area contributed by atoms with Crippen LogP contribution in [0.5, 0.6) is 0 Å². The Bertz CT molecular complexity index is 585. The fourth-order valence-electron chi connectivity index (χ4n) is 1.88. The lowest BCUT2D eigenvalue weighted by atomic mass is 10.1. The molecule has 0 spiro atoms. The number of thiocarbonyl (C=S) groups is 1. The van der Waals surface area contributed by atoms with Crippen molar-refractivity contribution in [2.45, 2.75) is 6.29 Å². The largest absolute Gasteiger partial charge is 0.357 e. The molecule has 0 aliphatic rings. The maximum absolute atomic E-state index is 5.24.